The Morgan fingerprint density at radius 2 is 2.10 bits per heavy atom. The Labute approximate surface area is 121 Å². The van der Waals surface area contributed by atoms with Crippen molar-refractivity contribution in [3.8, 4) is 0 Å². The van der Waals surface area contributed by atoms with Gasteiger partial charge in [0.2, 0.25) is 0 Å². The van der Waals surface area contributed by atoms with E-state index in [1.165, 1.54) is 12.1 Å². The van der Waals surface area contributed by atoms with Crippen molar-refractivity contribution >= 4 is 16.9 Å². The van der Waals surface area contributed by atoms with E-state index >= 15 is 0 Å². The van der Waals surface area contributed by atoms with Crippen LogP contribution in [-0.2, 0) is 6.54 Å². The summed E-state index contributed by atoms with van der Waals surface area (Å²) in [6.07, 6.45) is 0. The Morgan fingerprint density at radius 3 is 2.86 bits per heavy atom. The van der Waals surface area contributed by atoms with E-state index in [1.807, 2.05) is 24.3 Å². The molecule has 2 N–H and O–H groups in total. The SMILES string of the molecule is Cc1cc(F)cc(C(=O)NCc2nc3ccccc3[nH]2)c1. The van der Waals surface area contributed by atoms with Gasteiger partial charge in [0.1, 0.15) is 11.6 Å². The molecule has 4 nitrogen and oxygen atoms in total. The highest BCUT2D eigenvalue weighted by molar-refractivity contribution is 5.94. The van der Waals surface area contributed by atoms with Gasteiger partial charge in [0.15, 0.2) is 0 Å². The minimum absolute atomic E-state index is 0.267. The molecule has 0 bridgehead atoms. The molecule has 1 amide bonds. The summed E-state index contributed by atoms with van der Waals surface area (Å²) < 4.78 is 13.3. The lowest BCUT2D eigenvalue weighted by atomic mass is 10.1. The van der Waals surface area contributed by atoms with Gasteiger partial charge in [-0.3, -0.25) is 4.79 Å². The van der Waals surface area contributed by atoms with Gasteiger partial charge in [-0.05, 0) is 42.8 Å². The van der Waals surface area contributed by atoms with Gasteiger partial charge in [-0.1, -0.05) is 12.1 Å². The zero-order chi connectivity index (χ0) is 14.8. The molecule has 3 aromatic rings. The quantitative estimate of drug-likeness (QED) is 0.776. The van der Waals surface area contributed by atoms with Crippen molar-refractivity contribution in [1.82, 2.24) is 15.3 Å². The van der Waals surface area contributed by atoms with Crippen LogP contribution in [-0.4, -0.2) is 15.9 Å². The van der Waals surface area contributed by atoms with Crippen LogP contribution in [0.3, 0.4) is 0 Å². The summed E-state index contributed by atoms with van der Waals surface area (Å²) in [7, 11) is 0. The van der Waals surface area contributed by atoms with E-state index in [4.69, 9.17) is 0 Å². The largest absolute Gasteiger partial charge is 0.345 e. The van der Waals surface area contributed by atoms with E-state index in [1.54, 1.807) is 13.0 Å². The van der Waals surface area contributed by atoms with Gasteiger partial charge in [0.05, 0.1) is 17.6 Å². The number of aromatic nitrogens is 2. The number of nitrogens with zero attached hydrogens (tertiary/aromatic N) is 1. The van der Waals surface area contributed by atoms with Gasteiger partial charge >= 0.3 is 0 Å². The van der Waals surface area contributed by atoms with E-state index in [0.29, 0.717) is 17.0 Å². The second-order valence-corrected chi connectivity index (χ2v) is 4.90. The van der Waals surface area contributed by atoms with Crippen LogP contribution in [0.1, 0.15) is 21.7 Å². The second kappa shape index (κ2) is 5.36. The van der Waals surface area contributed by atoms with Gasteiger partial charge in [-0.15, -0.1) is 0 Å². The Kier molecular flexibility index (Phi) is 3.39. The molecule has 3 rings (SSSR count). The summed E-state index contributed by atoms with van der Waals surface area (Å²) in [4.78, 5) is 19.5. The third-order valence-electron chi connectivity index (χ3n) is 3.16. The van der Waals surface area contributed by atoms with E-state index in [2.05, 4.69) is 15.3 Å². The molecule has 0 aliphatic heterocycles. The highest BCUT2D eigenvalue weighted by Gasteiger charge is 2.09. The van der Waals surface area contributed by atoms with Crippen molar-refractivity contribution in [3.05, 3.63) is 65.2 Å². The number of para-hydroxylation sites is 2. The minimum Gasteiger partial charge on any atom is -0.345 e. The van der Waals surface area contributed by atoms with Crippen molar-refractivity contribution in [2.24, 2.45) is 0 Å². The summed E-state index contributed by atoms with van der Waals surface area (Å²) in [5, 5.41) is 2.73. The zero-order valence-electron chi connectivity index (χ0n) is 11.5. The van der Waals surface area contributed by atoms with Crippen molar-refractivity contribution in [2.75, 3.05) is 0 Å². The van der Waals surface area contributed by atoms with Gasteiger partial charge in [-0.2, -0.15) is 0 Å². The smallest absolute Gasteiger partial charge is 0.251 e. The van der Waals surface area contributed by atoms with Gasteiger partial charge in [0, 0.05) is 5.56 Å². The van der Waals surface area contributed by atoms with Gasteiger partial charge in [-0.25, -0.2) is 9.37 Å². The fraction of sp³-hybridized carbons (Fsp3) is 0.125. The average Bonchev–Trinajstić information content (AvgIpc) is 2.86. The standard InChI is InChI=1S/C16H14FN3O/c1-10-6-11(8-12(17)7-10)16(21)18-9-15-19-13-4-2-3-5-14(13)20-15/h2-8H,9H2,1H3,(H,18,21)(H,19,20). The number of nitrogens with one attached hydrogen (secondary N) is 2. The molecule has 1 heterocycles. The van der Waals surface area contributed by atoms with Crippen molar-refractivity contribution in [2.45, 2.75) is 13.5 Å². The predicted octanol–water partition coefficient (Wildman–Crippen LogP) is 2.94. The van der Waals surface area contributed by atoms with Crippen LogP contribution in [0.2, 0.25) is 0 Å². The number of carbonyl (C=O) groups excluding carboxylic acids is 1. The van der Waals surface area contributed by atoms with E-state index in [9.17, 15) is 9.18 Å². The molecule has 0 aliphatic carbocycles. The lowest BCUT2D eigenvalue weighted by Crippen LogP contribution is -2.23. The summed E-state index contributed by atoms with van der Waals surface area (Å²) >= 11 is 0. The number of hydrogen-bond acceptors (Lipinski definition) is 2. The molecule has 21 heavy (non-hydrogen) atoms. The van der Waals surface area contributed by atoms with Crippen LogP contribution in [0.5, 0.6) is 0 Å². The molecule has 0 saturated carbocycles. The predicted molar refractivity (Wildman–Crippen MR) is 78.4 cm³/mol. The van der Waals surface area contributed by atoms with Crippen LogP contribution in [0, 0.1) is 12.7 Å². The number of H-pyrrole nitrogens is 1. The summed E-state index contributed by atoms with van der Waals surface area (Å²) in [6.45, 7) is 2.02. The highest BCUT2D eigenvalue weighted by Crippen LogP contribution is 2.11. The number of carbonyl (C=O) groups is 1. The fourth-order valence-corrected chi connectivity index (χ4v) is 2.22. The first-order chi connectivity index (χ1) is 10.1. The average molecular weight is 283 g/mol. The van der Waals surface area contributed by atoms with Crippen LogP contribution >= 0.6 is 0 Å². The van der Waals surface area contributed by atoms with Crippen molar-refractivity contribution in [1.29, 1.82) is 0 Å². The van der Waals surface area contributed by atoms with E-state index < -0.39 is 5.82 Å². The molecule has 0 saturated heterocycles. The second-order valence-electron chi connectivity index (χ2n) is 4.90. The molecule has 0 spiro atoms. The number of imidazole rings is 1. The molecular weight excluding hydrogens is 269 g/mol. The highest BCUT2D eigenvalue weighted by atomic mass is 19.1. The summed E-state index contributed by atoms with van der Waals surface area (Å²) in [5.41, 5.74) is 2.79. The normalized spacial score (nSPS) is 10.8. The molecule has 0 fully saturated rings. The molecule has 5 heteroatoms. The molecule has 1 aromatic heterocycles. The lowest BCUT2D eigenvalue weighted by molar-refractivity contribution is 0.0949. The first kappa shape index (κ1) is 13.3. The molecular formula is C16H14FN3O. The Balaban J connectivity index is 1.73. The third-order valence-corrected chi connectivity index (χ3v) is 3.16. The van der Waals surface area contributed by atoms with Crippen molar-refractivity contribution < 1.29 is 9.18 Å². The molecule has 0 radical (unpaired) electrons. The number of halogens is 1. The number of hydrogen-bond donors (Lipinski definition) is 2. The maximum absolute atomic E-state index is 13.3. The molecule has 0 atom stereocenters. The van der Waals surface area contributed by atoms with Gasteiger partial charge < -0.3 is 10.3 Å². The number of aryl methyl sites for hydroxylation is 1. The number of aromatic amines is 1. The zero-order valence-corrected chi connectivity index (χ0v) is 11.5. The van der Waals surface area contributed by atoms with Crippen LogP contribution in [0.25, 0.3) is 11.0 Å². The van der Waals surface area contributed by atoms with Gasteiger partial charge in [0.25, 0.3) is 5.91 Å². The summed E-state index contributed by atoms with van der Waals surface area (Å²) in [6, 6.07) is 11.9. The summed E-state index contributed by atoms with van der Waals surface area (Å²) in [5.74, 6) is -0.0698. The van der Waals surface area contributed by atoms with E-state index in [-0.39, 0.29) is 12.5 Å². The van der Waals surface area contributed by atoms with Crippen molar-refractivity contribution in [3.63, 3.8) is 0 Å². The number of fused-ring (bicyclic) bond motifs is 1. The lowest BCUT2D eigenvalue weighted by Gasteiger charge is -2.04. The van der Waals surface area contributed by atoms with E-state index in [0.717, 1.165) is 11.0 Å². The van der Waals surface area contributed by atoms with Crippen LogP contribution in [0.15, 0.2) is 42.5 Å². The maximum Gasteiger partial charge on any atom is 0.251 e. The fourth-order valence-electron chi connectivity index (χ4n) is 2.22. The number of benzene rings is 2. The molecule has 106 valence electrons. The third kappa shape index (κ3) is 2.91. The molecule has 0 aliphatic rings. The number of rotatable bonds is 3. The number of amides is 1. The first-order valence-electron chi connectivity index (χ1n) is 6.61. The topological polar surface area (TPSA) is 57.8 Å². The Hall–Kier alpha value is -2.69. The maximum atomic E-state index is 13.3. The Morgan fingerprint density at radius 1 is 1.29 bits per heavy atom. The van der Waals surface area contributed by atoms with Crippen LogP contribution in [0.4, 0.5) is 4.39 Å². The monoisotopic (exact) mass is 283 g/mol. The Bertz CT molecular complexity index is 757. The van der Waals surface area contributed by atoms with Crippen LogP contribution < -0.4 is 5.32 Å². The minimum atomic E-state index is -0.413. The molecule has 0 unspecified atom stereocenters. The first-order valence-corrected chi connectivity index (χ1v) is 6.61. The molecule has 2 aromatic carbocycles.